The van der Waals surface area contributed by atoms with Crippen LogP contribution in [0.25, 0.3) is 0 Å². The SMILES string of the molecule is CCCCCC1(C)CCCCCCCCCCCC1. The molecule has 0 aromatic heterocycles. The molecule has 1 fully saturated rings. The lowest BCUT2D eigenvalue weighted by molar-refractivity contribution is 0.224. The van der Waals surface area contributed by atoms with Crippen molar-refractivity contribution in [2.24, 2.45) is 5.41 Å². The predicted molar refractivity (Wildman–Crippen MR) is 87.7 cm³/mol. The fourth-order valence-corrected chi connectivity index (χ4v) is 3.69. The first-order chi connectivity index (χ1) is 9.27. The molecule has 114 valence electrons. The second-order valence-corrected chi connectivity index (χ2v) is 7.30. The summed E-state index contributed by atoms with van der Waals surface area (Å²) in [4.78, 5) is 0. The van der Waals surface area contributed by atoms with Gasteiger partial charge >= 0.3 is 0 Å². The minimum atomic E-state index is 0.670. The highest BCUT2D eigenvalue weighted by molar-refractivity contribution is 4.75. The van der Waals surface area contributed by atoms with Gasteiger partial charge in [-0.15, -0.1) is 0 Å². The Balaban J connectivity index is 2.35. The summed E-state index contributed by atoms with van der Waals surface area (Å²) in [5.41, 5.74) is 0.670. The molecule has 1 aliphatic rings. The molecule has 0 unspecified atom stereocenters. The summed E-state index contributed by atoms with van der Waals surface area (Å²) in [5.74, 6) is 0. The molecule has 0 heterocycles. The average molecular weight is 267 g/mol. The molecule has 1 rings (SSSR count). The molecular weight excluding hydrogens is 228 g/mol. The molecular formula is C19H38. The van der Waals surface area contributed by atoms with Gasteiger partial charge in [0, 0.05) is 0 Å². The van der Waals surface area contributed by atoms with Crippen LogP contribution in [0.2, 0.25) is 0 Å². The van der Waals surface area contributed by atoms with Gasteiger partial charge in [-0.2, -0.15) is 0 Å². The molecule has 0 nitrogen and oxygen atoms in total. The fourth-order valence-electron chi connectivity index (χ4n) is 3.69. The third-order valence-corrected chi connectivity index (χ3v) is 5.19. The van der Waals surface area contributed by atoms with Crippen LogP contribution in [-0.2, 0) is 0 Å². The van der Waals surface area contributed by atoms with Crippen LogP contribution < -0.4 is 0 Å². The van der Waals surface area contributed by atoms with E-state index in [9.17, 15) is 0 Å². The van der Waals surface area contributed by atoms with Crippen molar-refractivity contribution in [1.82, 2.24) is 0 Å². The second-order valence-electron chi connectivity index (χ2n) is 7.30. The molecule has 19 heavy (non-hydrogen) atoms. The molecule has 0 radical (unpaired) electrons. The molecule has 0 N–H and O–H groups in total. The summed E-state index contributed by atoms with van der Waals surface area (Å²) in [5, 5.41) is 0. The van der Waals surface area contributed by atoms with Crippen molar-refractivity contribution in [3.8, 4) is 0 Å². The molecule has 0 aliphatic heterocycles. The van der Waals surface area contributed by atoms with Crippen molar-refractivity contribution in [3.05, 3.63) is 0 Å². The minimum Gasteiger partial charge on any atom is -0.0654 e. The Morgan fingerprint density at radius 2 is 1.05 bits per heavy atom. The molecule has 0 bridgehead atoms. The van der Waals surface area contributed by atoms with Crippen molar-refractivity contribution in [3.63, 3.8) is 0 Å². The van der Waals surface area contributed by atoms with E-state index in [1.54, 1.807) is 0 Å². The summed E-state index contributed by atoms with van der Waals surface area (Å²) in [6, 6.07) is 0. The van der Waals surface area contributed by atoms with E-state index < -0.39 is 0 Å². The number of hydrogen-bond donors (Lipinski definition) is 0. The van der Waals surface area contributed by atoms with E-state index in [0.29, 0.717) is 5.41 Å². The smallest absolute Gasteiger partial charge is 0.0326 e. The second kappa shape index (κ2) is 10.7. The van der Waals surface area contributed by atoms with Gasteiger partial charge in [0.25, 0.3) is 0 Å². The van der Waals surface area contributed by atoms with Gasteiger partial charge in [0.1, 0.15) is 0 Å². The van der Waals surface area contributed by atoms with Crippen molar-refractivity contribution in [2.75, 3.05) is 0 Å². The van der Waals surface area contributed by atoms with E-state index in [-0.39, 0.29) is 0 Å². The Morgan fingerprint density at radius 1 is 0.632 bits per heavy atom. The summed E-state index contributed by atoms with van der Waals surface area (Å²) < 4.78 is 0. The van der Waals surface area contributed by atoms with Crippen molar-refractivity contribution in [1.29, 1.82) is 0 Å². The van der Waals surface area contributed by atoms with Crippen LogP contribution in [0.1, 0.15) is 117 Å². The number of hydrogen-bond acceptors (Lipinski definition) is 0. The fraction of sp³-hybridized carbons (Fsp3) is 1.00. The third-order valence-electron chi connectivity index (χ3n) is 5.19. The first-order valence-corrected chi connectivity index (χ1v) is 9.27. The quantitative estimate of drug-likeness (QED) is 0.469. The van der Waals surface area contributed by atoms with Crippen LogP contribution in [0.3, 0.4) is 0 Å². The topological polar surface area (TPSA) is 0 Å². The standard InChI is InChI=1S/C19H38/c1-3-4-13-16-19(2)17-14-11-9-7-5-6-8-10-12-15-18-19/h3-18H2,1-2H3. The molecule has 0 spiro atoms. The van der Waals surface area contributed by atoms with Gasteiger partial charge < -0.3 is 0 Å². The maximum atomic E-state index is 2.59. The molecule has 0 saturated heterocycles. The van der Waals surface area contributed by atoms with E-state index in [1.807, 2.05) is 0 Å². The molecule has 1 aliphatic carbocycles. The zero-order valence-corrected chi connectivity index (χ0v) is 13.8. The normalized spacial score (nSPS) is 23.1. The minimum absolute atomic E-state index is 0.670. The largest absolute Gasteiger partial charge is 0.0654 e. The Bertz CT molecular complexity index is 180. The Labute approximate surface area is 122 Å². The first kappa shape index (κ1) is 17.1. The average Bonchev–Trinajstić information content (AvgIpc) is 2.42. The van der Waals surface area contributed by atoms with Crippen LogP contribution in [0, 0.1) is 5.41 Å². The zero-order valence-electron chi connectivity index (χ0n) is 13.8. The molecule has 1 saturated carbocycles. The van der Waals surface area contributed by atoms with Crippen molar-refractivity contribution < 1.29 is 0 Å². The van der Waals surface area contributed by atoms with Gasteiger partial charge in [0.05, 0.1) is 0 Å². The molecule has 0 atom stereocenters. The molecule has 0 aromatic carbocycles. The van der Waals surface area contributed by atoms with Gasteiger partial charge in [0.2, 0.25) is 0 Å². The Kier molecular flexibility index (Phi) is 9.65. The van der Waals surface area contributed by atoms with Crippen LogP contribution in [0.5, 0.6) is 0 Å². The van der Waals surface area contributed by atoms with Crippen LogP contribution >= 0.6 is 0 Å². The summed E-state index contributed by atoms with van der Waals surface area (Å²) in [7, 11) is 0. The third kappa shape index (κ3) is 8.71. The lowest BCUT2D eigenvalue weighted by Gasteiger charge is -2.30. The highest BCUT2D eigenvalue weighted by Crippen LogP contribution is 2.36. The van der Waals surface area contributed by atoms with E-state index in [2.05, 4.69) is 13.8 Å². The lowest BCUT2D eigenvalue weighted by atomic mass is 9.76. The lowest BCUT2D eigenvalue weighted by Crippen LogP contribution is -2.16. The number of unbranched alkanes of at least 4 members (excludes halogenated alkanes) is 2. The van der Waals surface area contributed by atoms with E-state index in [0.717, 1.165) is 0 Å². The van der Waals surface area contributed by atoms with Gasteiger partial charge in [-0.3, -0.25) is 0 Å². The van der Waals surface area contributed by atoms with Gasteiger partial charge in [-0.25, -0.2) is 0 Å². The van der Waals surface area contributed by atoms with Gasteiger partial charge in [-0.1, -0.05) is 97.3 Å². The Hall–Kier alpha value is 0. The van der Waals surface area contributed by atoms with Gasteiger partial charge in [0.15, 0.2) is 0 Å². The predicted octanol–water partition coefficient (Wildman–Crippen LogP) is 7.27. The summed E-state index contributed by atoms with van der Waals surface area (Å²) >= 11 is 0. The van der Waals surface area contributed by atoms with Gasteiger partial charge in [-0.05, 0) is 24.7 Å². The maximum Gasteiger partial charge on any atom is -0.0326 e. The summed E-state index contributed by atoms with van der Waals surface area (Å²) in [6.45, 7) is 4.91. The van der Waals surface area contributed by atoms with Crippen LogP contribution in [0.15, 0.2) is 0 Å². The van der Waals surface area contributed by atoms with Crippen LogP contribution in [0.4, 0.5) is 0 Å². The van der Waals surface area contributed by atoms with E-state index in [1.165, 1.54) is 103 Å². The van der Waals surface area contributed by atoms with E-state index in [4.69, 9.17) is 0 Å². The first-order valence-electron chi connectivity index (χ1n) is 9.27. The molecule has 0 aromatic rings. The zero-order chi connectivity index (χ0) is 13.8. The monoisotopic (exact) mass is 266 g/mol. The molecule has 0 amide bonds. The highest BCUT2D eigenvalue weighted by atomic mass is 14.3. The van der Waals surface area contributed by atoms with Crippen LogP contribution in [-0.4, -0.2) is 0 Å². The Morgan fingerprint density at radius 3 is 1.47 bits per heavy atom. The van der Waals surface area contributed by atoms with Crippen molar-refractivity contribution >= 4 is 0 Å². The highest BCUT2D eigenvalue weighted by Gasteiger charge is 2.22. The maximum absolute atomic E-state index is 2.59. The summed E-state index contributed by atoms with van der Waals surface area (Å²) in [6.07, 6.45) is 23.7. The van der Waals surface area contributed by atoms with E-state index >= 15 is 0 Å². The molecule has 0 heteroatoms. The number of rotatable bonds is 4. The van der Waals surface area contributed by atoms with Crippen molar-refractivity contribution in [2.45, 2.75) is 117 Å².